The van der Waals surface area contributed by atoms with Crippen LogP contribution in [-0.2, 0) is 22.0 Å². The maximum absolute atomic E-state index is 14.2. The van der Waals surface area contributed by atoms with Crippen LogP contribution in [0.1, 0.15) is 37.5 Å². The second-order valence-electron chi connectivity index (χ2n) is 8.95. The average Bonchev–Trinajstić information content (AvgIpc) is 3.12. The smallest absolute Gasteiger partial charge is 0.276 e. The largest absolute Gasteiger partial charge is 0.342 e. The summed E-state index contributed by atoms with van der Waals surface area (Å²) in [4.78, 5) is 2.43. The molecule has 3 aromatic carbocycles. The third-order valence-electron chi connectivity index (χ3n) is 5.53. The summed E-state index contributed by atoms with van der Waals surface area (Å²) in [6, 6.07) is 21.1. The van der Waals surface area contributed by atoms with Gasteiger partial charge in [-0.3, -0.25) is 0 Å². The van der Waals surface area contributed by atoms with Crippen molar-refractivity contribution in [2.24, 2.45) is 5.10 Å². The minimum atomic E-state index is -3.80. The van der Waals surface area contributed by atoms with Crippen LogP contribution in [0.2, 0.25) is 0 Å². The maximum Gasteiger partial charge on any atom is 0.276 e. The number of sulfonamides is 1. The molecule has 0 fully saturated rings. The normalized spacial score (nSPS) is 12.5. The Labute approximate surface area is 193 Å². The molecule has 0 aliphatic carbocycles. The van der Waals surface area contributed by atoms with E-state index in [1.54, 1.807) is 30.3 Å². The number of fused-ring (bicyclic) bond motifs is 1. The number of nitrogens with one attached hydrogen (secondary N) is 1. The van der Waals surface area contributed by atoms with Crippen LogP contribution in [-0.4, -0.2) is 19.2 Å². The SMILES string of the molecule is CC(C)(C)c1ccc(S(=O)(=O)N/N=C\c2cn(Cc3ccccc3F)c3ccccc23)cc1. The Morgan fingerprint density at radius 3 is 2.33 bits per heavy atom. The highest BCUT2D eigenvalue weighted by molar-refractivity contribution is 7.89. The van der Waals surface area contributed by atoms with Gasteiger partial charge in [-0.1, -0.05) is 69.3 Å². The van der Waals surface area contributed by atoms with Gasteiger partial charge < -0.3 is 4.57 Å². The standard InChI is InChI=1S/C26H26FN3O2S/c1-26(2,3)21-12-14-22(15-13-21)33(31,32)29-28-16-20-18-30(25-11-7-5-9-23(20)25)17-19-8-4-6-10-24(19)27/h4-16,18,29H,17H2,1-3H3/b28-16-. The topological polar surface area (TPSA) is 63.5 Å². The van der Waals surface area contributed by atoms with Crippen LogP contribution in [0.5, 0.6) is 0 Å². The van der Waals surface area contributed by atoms with Crippen molar-refractivity contribution in [1.82, 2.24) is 9.40 Å². The van der Waals surface area contributed by atoms with E-state index < -0.39 is 10.0 Å². The summed E-state index contributed by atoms with van der Waals surface area (Å²) in [5.74, 6) is -0.268. The van der Waals surface area contributed by atoms with E-state index in [0.29, 0.717) is 12.1 Å². The highest BCUT2D eigenvalue weighted by Crippen LogP contribution is 2.24. The fourth-order valence-corrected chi connectivity index (χ4v) is 4.46. The Hall–Kier alpha value is -3.45. The van der Waals surface area contributed by atoms with Crippen molar-refractivity contribution in [3.8, 4) is 0 Å². The molecule has 4 rings (SSSR count). The van der Waals surface area contributed by atoms with Crippen LogP contribution in [0.15, 0.2) is 89.0 Å². The van der Waals surface area contributed by atoms with Crippen LogP contribution < -0.4 is 4.83 Å². The van der Waals surface area contributed by atoms with E-state index in [9.17, 15) is 12.8 Å². The van der Waals surface area contributed by atoms with E-state index in [2.05, 4.69) is 30.7 Å². The van der Waals surface area contributed by atoms with E-state index >= 15 is 0 Å². The van der Waals surface area contributed by atoms with E-state index in [1.165, 1.54) is 12.3 Å². The molecule has 5 nitrogen and oxygen atoms in total. The molecular formula is C26H26FN3O2S. The molecule has 1 N–H and O–H groups in total. The Morgan fingerprint density at radius 2 is 1.64 bits per heavy atom. The van der Waals surface area contributed by atoms with Crippen molar-refractivity contribution in [3.63, 3.8) is 0 Å². The predicted octanol–water partition coefficient (Wildman–Crippen LogP) is 5.44. The minimum Gasteiger partial charge on any atom is -0.342 e. The fraction of sp³-hybridized carbons (Fsp3) is 0.192. The van der Waals surface area contributed by atoms with Crippen molar-refractivity contribution in [2.45, 2.75) is 37.6 Å². The molecule has 0 amide bonds. The molecule has 0 aliphatic heterocycles. The van der Waals surface area contributed by atoms with Crippen LogP contribution >= 0.6 is 0 Å². The van der Waals surface area contributed by atoms with Gasteiger partial charge in [0.15, 0.2) is 0 Å². The molecular weight excluding hydrogens is 437 g/mol. The number of aromatic nitrogens is 1. The number of halogens is 1. The first-order valence-electron chi connectivity index (χ1n) is 10.6. The molecule has 1 aromatic heterocycles. The Kier molecular flexibility index (Phi) is 6.08. The molecule has 7 heteroatoms. The van der Waals surface area contributed by atoms with Crippen molar-refractivity contribution < 1.29 is 12.8 Å². The summed E-state index contributed by atoms with van der Waals surface area (Å²) in [6.07, 6.45) is 3.31. The zero-order chi connectivity index (χ0) is 23.6. The number of hydrogen-bond donors (Lipinski definition) is 1. The molecule has 4 aromatic rings. The number of nitrogens with zero attached hydrogens (tertiary/aromatic N) is 2. The number of para-hydroxylation sites is 1. The Morgan fingerprint density at radius 1 is 0.970 bits per heavy atom. The summed E-state index contributed by atoms with van der Waals surface area (Å²) in [6.45, 7) is 6.57. The second-order valence-corrected chi connectivity index (χ2v) is 10.6. The van der Waals surface area contributed by atoms with Crippen molar-refractivity contribution in [2.75, 3.05) is 0 Å². The van der Waals surface area contributed by atoms with Crippen molar-refractivity contribution >= 4 is 27.1 Å². The van der Waals surface area contributed by atoms with Gasteiger partial charge >= 0.3 is 0 Å². The number of hydrazone groups is 1. The highest BCUT2D eigenvalue weighted by atomic mass is 32.2. The zero-order valence-corrected chi connectivity index (χ0v) is 19.6. The maximum atomic E-state index is 14.2. The minimum absolute atomic E-state index is 0.0647. The second kappa shape index (κ2) is 8.83. The molecule has 0 saturated carbocycles. The molecule has 0 atom stereocenters. The molecule has 1 heterocycles. The molecule has 0 spiro atoms. The van der Waals surface area contributed by atoms with Gasteiger partial charge in [0.05, 0.1) is 17.7 Å². The molecule has 0 aliphatic rings. The number of rotatable bonds is 6. The van der Waals surface area contributed by atoms with Crippen LogP contribution in [0.25, 0.3) is 10.9 Å². The zero-order valence-electron chi connectivity index (χ0n) is 18.8. The first kappa shape index (κ1) is 22.7. The molecule has 0 unspecified atom stereocenters. The van der Waals surface area contributed by atoms with Gasteiger partial charge in [-0.15, -0.1) is 0 Å². The monoisotopic (exact) mass is 463 g/mol. The predicted molar refractivity (Wildman–Crippen MR) is 130 cm³/mol. The lowest BCUT2D eigenvalue weighted by atomic mass is 9.87. The van der Waals surface area contributed by atoms with Gasteiger partial charge in [0.2, 0.25) is 0 Å². The third-order valence-corrected chi connectivity index (χ3v) is 6.76. The lowest BCUT2D eigenvalue weighted by Crippen LogP contribution is -2.19. The molecule has 170 valence electrons. The first-order chi connectivity index (χ1) is 15.6. The number of hydrogen-bond acceptors (Lipinski definition) is 3. The van der Waals surface area contributed by atoms with Gasteiger partial charge in [-0.25, -0.2) is 9.22 Å². The van der Waals surface area contributed by atoms with Crippen LogP contribution in [0.3, 0.4) is 0 Å². The third kappa shape index (κ3) is 4.98. The van der Waals surface area contributed by atoms with Crippen LogP contribution in [0.4, 0.5) is 4.39 Å². The summed E-state index contributed by atoms with van der Waals surface area (Å²) in [5, 5.41) is 4.89. The van der Waals surface area contributed by atoms with Gasteiger partial charge in [0.1, 0.15) is 5.82 Å². The van der Waals surface area contributed by atoms with Gasteiger partial charge in [0, 0.05) is 28.2 Å². The number of benzene rings is 3. The van der Waals surface area contributed by atoms with Gasteiger partial charge in [0.25, 0.3) is 10.0 Å². The highest BCUT2D eigenvalue weighted by Gasteiger charge is 2.17. The lowest BCUT2D eigenvalue weighted by Gasteiger charge is -2.19. The summed E-state index contributed by atoms with van der Waals surface area (Å²) in [7, 11) is -3.80. The summed E-state index contributed by atoms with van der Waals surface area (Å²) in [5.41, 5.74) is 3.19. The molecule has 33 heavy (non-hydrogen) atoms. The van der Waals surface area contributed by atoms with E-state index in [0.717, 1.165) is 22.0 Å². The Bertz CT molecular complexity index is 1420. The van der Waals surface area contributed by atoms with Gasteiger partial charge in [-0.2, -0.15) is 13.5 Å². The quantitative estimate of drug-likeness (QED) is 0.306. The van der Waals surface area contributed by atoms with Crippen molar-refractivity contribution in [1.29, 1.82) is 0 Å². The fourth-order valence-electron chi connectivity index (χ4n) is 3.67. The Balaban J connectivity index is 1.57. The summed E-state index contributed by atoms with van der Waals surface area (Å²) >= 11 is 0. The van der Waals surface area contributed by atoms with Crippen LogP contribution in [0, 0.1) is 5.82 Å². The van der Waals surface area contributed by atoms with E-state index in [4.69, 9.17) is 0 Å². The first-order valence-corrected chi connectivity index (χ1v) is 12.1. The average molecular weight is 464 g/mol. The van der Waals surface area contributed by atoms with Crippen molar-refractivity contribution in [3.05, 3.63) is 102 Å². The van der Waals surface area contributed by atoms with Gasteiger partial charge in [-0.05, 0) is 35.2 Å². The molecule has 0 radical (unpaired) electrons. The molecule has 0 bridgehead atoms. The summed E-state index contributed by atoms with van der Waals surface area (Å²) < 4.78 is 41.4. The van der Waals surface area contributed by atoms with E-state index in [-0.39, 0.29) is 16.1 Å². The van der Waals surface area contributed by atoms with E-state index in [1.807, 2.05) is 47.2 Å². The lowest BCUT2D eigenvalue weighted by molar-refractivity contribution is 0.580. The molecule has 0 saturated heterocycles.